The van der Waals surface area contributed by atoms with Crippen LogP contribution in [0.5, 0.6) is 5.75 Å². The lowest BCUT2D eigenvalue weighted by Gasteiger charge is -2.31. The van der Waals surface area contributed by atoms with E-state index in [1.807, 2.05) is 27.0 Å². The molecule has 22 heavy (non-hydrogen) atoms. The largest absolute Gasteiger partial charge is 0.489 e. The summed E-state index contributed by atoms with van der Waals surface area (Å²) < 4.78 is 5.64. The molecule has 0 spiro atoms. The minimum absolute atomic E-state index is 0.00798. The Bertz CT molecular complexity index is 537. The molecule has 1 saturated heterocycles. The highest BCUT2D eigenvalue weighted by Gasteiger charge is 2.25. The summed E-state index contributed by atoms with van der Waals surface area (Å²) in [5.74, 6) is -0.547. The van der Waals surface area contributed by atoms with Crippen molar-refractivity contribution in [3.05, 3.63) is 24.3 Å². The minimum Gasteiger partial charge on any atom is -0.489 e. The molecule has 1 aromatic rings. The van der Waals surface area contributed by atoms with Crippen molar-refractivity contribution in [1.82, 2.24) is 9.80 Å². The molecule has 120 valence electrons. The molecular formula is C16H23N3O3. The maximum atomic E-state index is 12.2. The van der Waals surface area contributed by atoms with E-state index in [1.165, 1.54) is 0 Å². The zero-order chi connectivity index (χ0) is 16.1. The predicted molar refractivity (Wildman–Crippen MR) is 84.9 cm³/mol. The Labute approximate surface area is 131 Å². The number of amides is 2. The number of likely N-dealkylation sites (N-methyl/N-ethyl adjacent to an activating group) is 1. The summed E-state index contributed by atoms with van der Waals surface area (Å²) >= 11 is 0. The Morgan fingerprint density at radius 2 is 1.77 bits per heavy atom. The van der Waals surface area contributed by atoms with Crippen molar-refractivity contribution in [2.45, 2.75) is 20.0 Å². The summed E-state index contributed by atoms with van der Waals surface area (Å²) in [6.07, 6.45) is -0.00798. The molecule has 1 heterocycles. The molecule has 6 nitrogen and oxygen atoms in total. The molecule has 0 unspecified atom stereocenters. The number of para-hydroxylation sites is 2. The van der Waals surface area contributed by atoms with Crippen LogP contribution in [0, 0.1) is 0 Å². The van der Waals surface area contributed by atoms with Crippen LogP contribution < -0.4 is 10.1 Å². The van der Waals surface area contributed by atoms with Crippen LogP contribution in [-0.2, 0) is 9.59 Å². The third-order valence-electron chi connectivity index (χ3n) is 3.48. The van der Waals surface area contributed by atoms with E-state index < -0.39 is 11.8 Å². The first kappa shape index (κ1) is 16.3. The Morgan fingerprint density at radius 1 is 1.14 bits per heavy atom. The van der Waals surface area contributed by atoms with Gasteiger partial charge >= 0.3 is 11.8 Å². The molecule has 1 aromatic carbocycles. The fourth-order valence-electron chi connectivity index (χ4n) is 2.26. The quantitative estimate of drug-likeness (QED) is 0.852. The van der Waals surface area contributed by atoms with Crippen molar-refractivity contribution in [1.29, 1.82) is 0 Å². The maximum absolute atomic E-state index is 12.2. The SMILES string of the molecule is CC(C)Oc1ccccc1NC(=O)C(=O)N1CCN(C)CC1. The number of hydrogen-bond donors (Lipinski definition) is 1. The van der Waals surface area contributed by atoms with Gasteiger partial charge in [-0.1, -0.05) is 12.1 Å². The van der Waals surface area contributed by atoms with E-state index in [0.717, 1.165) is 13.1 Å². The topological polar surface area (TPSA) is 61.9 Å². The second kappa shape index (κ2) is 7.26. The van der Waals surface area contributed by atoms with E-state index in [4.69, 9.17) is 4.74 Å². The summed E-state index contributed by atoms with van der Waals surface area (Å²) in [5, 5.41) is 2.66. The number of benzene rings is 1. The third kappa shape index (κ3) is 4.21. The van der Waals surface area contributed by atoms with Crippen LogP contribution in [0.2, 0.25) is 0 Å². The van der Waals surface area contributed by atoms with E-state index in [0.29, 0.717) is 24.5 Å². The highest BCUT2D eigenvalue weighted by Crippen LogP contribution is 2.24. The molecule has 0 radical (unpaired) electrons. The van der Waals surface area contributed by atoms with Crippen LogP contribution in [0.3, 0.4) is 0 Å². The zero-order valence-electron chi connectivity index (χ0n) is 13.3. The molecular weight excluding hydrogens is 282 g/mol. The number of hydrogen-bond acceptors (Lipinski definition) is 4. The predicted octanol–water partition coefficient (Wildman–Crippen LogP) is 1.19. The van der Waals surface area contributed by atoms with Gasteiger partial charge in [0.1, 0.15) is 5.75 Å². The molecule has 1 aliphatic heterocycles. The average Bonchev–Trinajstić information content (AvgIpc) is 2.48. The van der Waals surface area contributed by atoms with E-state index in [1.54, 1.807) is 23.1 Å². The van der Waals surface area contributed by atoms with E-state index in [9.17, 15) is 9.59 Å². The van der Waals surface area contributed by atoms with Gasteiger partial charge in [-0.15, -0.1) is 0 Å². The minimum atomic E-state index is -0.621. The van der Waals surface area contributed by atoms with Gasteiger partial charge in [0, 0.05) is 26.2 Å². The van der Waals surface area contributed by atoms with Crippen molar-refractivity contribution < 1.29 is 14.3 Å². The molecule has 0 aliphatic carbocycles. The molecule has 2 amide bonds. The third-order valence-corrected chi connectivity index (χ3v) is 3.48. The highest BCUT2D eigenvalue weighted by molar-refractivity contribution is 6.39. The number of piperazine rings is 1. The number of ether oxygens (including phenoxy) is 1. The average molecular weight is 305 g/mol. The van der Waals surface area contributed by atoms with E-state index >= 15 is 0 Å². The number of carbonyl (C=O) groups excluding carboxylic acids is 2. The van der Waals surface area contributed by atoms with Gasteiger partial charge in [0.25, 0.3) is 0 Å². The first-order valence-corrected chi connectivity index (χ1v) is 7.52. The Hall–Kier alpha value is -2.08. The van der Waals surface area contributed by atoms with Crippen LogP contribution in [0.1, 0.15) is 13.8 Å². The Balaban J connectivity index is 2.01. The smallest absolute Gasteiger partial charge is 0.314 e. The molecule has 6 heteroatoms. The van der Waals surface area contributed by atoms with Gasteiger partial charge in [-0.3, -0.25) is 9.59 Å². The summed E-state index contributed by atoms with van der Waals surface area (Å²) in [7, 11) is 2.00. The van der Waals surface area contributed by atoms with Crippen LogP contribution >= 0.6 is 0 Å². The van der Waals surface area contributed by atoms with Crippen molar-refractivity contribution in [3.8, 4) is 5.75 Å². The van der Waals surface area contributed by atoms with Crippen LogP contribution in [0.4, 0.5) is 5.69 Å². The van der Waals surface area contributed by atoms with Crippen molar-refractivity contribution in [2.24, 2.45) is 0 Å². The van der Waals surface area contributed by atoms with Gasteiger partial charge in [-0.2, -0.15) is 0 Å². The van der Waals surface area contributed by atoms with E-state index in [-0.39, 0.29) is 6.10 Å². The van der Waals surface area contributed by atoms with Crippen LogP contribution in [0.15, 0.2) is 24.3 Å². The van der Waals surface area contributed by atoms with Gasteiger partial charge in [0.2, 0.25) is 0 Å². The monoisotopic (exact) mass is 305 g/mol. The van der Waals surface area contributed by atoms with Gasteiger partial charge in [-0.05, 0) is 33.0 Å². The second-order valence-electron chi connectivity index (χ2n) is 5.71. The fraction of sp³-hybridized carbons (Fsp3) is 0.500. The standard InChI is InChI=1S/C16H23N3O3/c1-12(2)22-14-7-5-4-6-13(14)17-15(20)16(21)19-10-8-18(3)9-11-19/h4-7,12H,8-11H2,1-3H3,(H,17,20). The lowest BCUT2D eigenvalue weighted by atomic mass is 10.2. The zero-order valence-corrected chi connectivity index (χ0v) is 13.3. The normalized spacial score (nSPS) is 15.7. The van der Waals surface area contributed by atoms with Crippen molar-refractivity contribution >= 4 is 17.5 Å². The number of nitrogens with one attached hydrogen (secondary N) is 1. The first-order chi connectivity index (χ1) is 10.5. The van der Waals surface area contributed by atoms with Crippen molar-refractivity contribution in [3.63, 3.8) is 0 Å². The Kier molecular flexibility index (Phi) is 5.38. The van der Waals surface area contributed by atoms with Gasteiger partial charge in [0.15, 0.2) is 0 Å². The molecule has 1 N–H and O–H groups in total. The number of nitrogens with zero attached hydrogens (tertiary/aromatic N) is 2. The summed E-state index contributed by atoms with van der Waals surface area (Å²) in [6.45, 7) is 6.54. The summed E-state index contributed by atoms with van der Waals surface area (Å²) in [4.78, 5) is 28.1. The van der Waals surface area contributed by atoms with E-state index in [2.05, 4.69) is 10.2 Å². The molecule has 2 rings (SSSR count). The lowest BCUT2D eigenvalue weighted by Crippen LogP contribution is -2.50. The van der Waals surface area contributed by atoms with Gasteiger partial charge < -0.3 is 19.9 Å². The highest BCUT2D eigenvalue weighted by atomic mass is 16.5. The molecule has 1 fully saturated rings. The van der Waals surface area contributed by atoms with Crippen LogP contribution in [-0.4, -0.2) is 60.9 Å². The molecule has 0 aromatic heterocycles. The van der Waals surface area contributed by atoms with Gasteiger partial charge in [0.05, 0.1) is 11.8 Å². The second-order valence-corrected chi connectivity index (χ2v) is 5.71. The summed E-state index contributed by atoms with van der Waals surface area (Å²) in [5.41, 5.74) is 0.517. The molecule has 0 saturated carbocycles. The Morgan fingerprint density at radius 3 is 2.41 bits per heavy atom. The van der Waals surface area contributed by atoms with Gasteiger partial charge in [-0.25, -0.2) is 0 Å². The summed E-state index contributed by atoms with van der Waals surface area (Å²) in [6, 6.07) is 7.13. The molecule has 1 aliphatic rings. The number of carbonyl (C=O) groups is 2. The maximum Gasteiger partial charge on any atom is 0.314 e. The van der Waals surface area contributed by atoms with Crippen LogP contribution in [0.25, 0.3) is 0 Å². The molecule has 0 atom stereocenters. The number of anilines is 1. The fourth-order valence-corrected chi connectivity index (χ4v) is 2.26. The molecule has 0 bridgehead atoms. The lowest BCUT2D eigenvalue weighted by molar-refractivity contribution is -0.144. The first-order valence-electron chi connectivity index (χ1n) is 7.52. The van der Waals surface area contributed by atoms with Crippen molar-refractivity contribution in [2.75, 3.05) is 38.5 Å². The number of rotatable bonds is 3.